The summed E-state index contributed by atoms with van der Waals surface area (Å²) in [5, 5.41) is 24.5. The van der Waals surface area contributed by atoms with Gasteiger partial charge >= 0.3 is 11.9 Å². The average molecular weight is 485 g/mol. The lowest BCUT2D eigenvalue weighted by molar-refractivity contribution is -0.199. The summed E-state index contributed by atoms with van der Waals surface area (Å²) in [4.78, 5) is 24.3. The fourth-order valence-electron chi connectivity index (χ4n) is 9.40. The molecule has 7 rings (SSSR count). The van der Waals surface area contributed by atoms with Gasteiger partial charge in [-0.2, -0.15) is 0 Å². The molecule has 5 aliphatic carbocycles. The minimum atomic E-state index is -1.10. The molecule has 2 N–H and O–H groups in total. The van der Waals surface area contributed by atoms with Crippen LogP contribution in [0.3, 0.4) is 0 Å². The van der Waals surface area contributed by atoms with E-state index in [4.69, 9.17) is 18.9 Å². The number of hydrogen-bond donors (Lipinski definition) is 2. The Balaban J connectivity index is 1.29. The van der Waals surface area contributed by atoms with Gasteiger partial charge in [0.1, 0.15) is 24.9 Å². The van der Waals surface area contributed by atoms with E-state index in [1.165, 1.54) is 18.4 Å². The lowest BCUT2D eigenvalue weighted by atomic mass is 9.49. The van der Waals surface area contributed by atoms with Gasteiger partial charge in [-0.25, -0.2) is 9.59 Å². The first kappa shape index (κ1) is 22.1. The largest absolute Gasteiger partial charge is 0.494 e. The molecular weight excluding hydrogens is 452 g/mol. The molecule has 2 heterocycles. The van der Waals surface area contributed by atoms with Crippen LogP contribution in [0.2, 0.25) is 0 Å². The Morgan fingerprint density at radius 3 is 2.86 bits per heavy atom. The molecule has 2 aliphatic heterocycles. The molecule has 1 saturated heterocycles. The maximum atomic E-state index is 12.5. The maximum absolute atomic E-state index is 12.5. The molecule has 0 amide bonds. The molecule has 9 atom stereocenters. The van der Waals surface area contributed by atoms with Gasteiger partial charge in [-0.3, -0.25) is 0 Å². The van der Waals surface area contributed by atoms with Crippen molar-refractivity contribution in [1.82, 2.24) is 0 Å². The highest BCUT2D eigenvalue weighted by atomic mass is 16.6. The molecule has 188 valence electrons. The summed E-state index contributed by atoms with van der Waals surface area (Å²) in [6, 6.07) is 0. The lowest BCUT2D eigenvalue weighted by Gasteiger charge is -2.56. The second kappa shape index (κ2) is 6.39. The third-order valence-electron chi connectivity index (χ3n) is 10.9. The van der Waals surface area contributed by atoms with Crippen LogP contribution < -0.4 is 0 Å². The number of esters is 2. The summed E-state index contributed by atoms with van der Waals surface area (Å²) in [5.41, 5.74) is -2.33. The molecule has 2 spiro atoms. The molecule has 0 bridgehead atoms. The lowest BCUT2D eigenvalue weighted by Crippen LogP contribution is -2.68. The summed E-state index contributed by atoms with van der Waals surface area (Å²) in [6.07, 6.45) is 6.23. The molecule has 0 aromatic rings. The summed E-state index contributed by atoms with van der Waals surface area (Å²) in [7, 11) is 0. The van der Waals surface area contributed by atoms with Crippen LogP contribution in [0.5, 0.6) is 0 Å². The summed E-state index contributed by atoms with van der Waals surface area (Å²) < 4.78 is 23.3. The van der Waals surface area contributed by atoms with E-state index in [9.17, 15) is 19.8 Å². The smallest absolute Gasteiger partial charge is 0.334 e. The Kier molecular flexibility index (Phi) is 4.03. The van der Waals surface area contributed by atoms with E-state index in [0.717, 1.165) is 5.57 Å². The van der Waals surface area contributed by atoms with Crippen molar-refractivity contribution in [2.24, 2.45) is 28.6 Å². The van der Waals surface area contributed by atoms with Gasteiger partial charge in [-0.05, 0) is 43.6 Å². The highest BCUT2D eigenvalue weighted by Gasteiger charge is 3.02. The van der Waals surface area contributed by atoms with Gasteiger partial charge in [0, 0.05) is 28.2 Å². The normalized spacial score (nSPS) is 51.9. The molecule has 9 unspecified atom stereocenters. The fraction of sp³-hybridized carbons (Fsp3) is 0.704. The second-order valence-corrected chi connectivity index (χ2v) is 12.0. The number of hydrogen-bond acceptors (Lipinski definition) is 8. The van der Waals surface area contributed by atoms with Crippen LogP contribution in [0.15, 0.2) is 36.1 Å². The zero-order valence-electron chi connectivity index (χ0n) is 20.1. The second-order valence-electron chi connectivity index (χ2n) is 12.0. The molecule has 0 radical (unpaired) electrons. The van der Waals surface area contributed by atoms with Crippen LogP contribution >= 0.6 is 0 Å². The molecule has 7 aliphatic rings. The molecule has 8 nitrogen and oxygen atoms in total. The Morgan fingerprint density at radius 1 is 1.31 bits per heavy atom. The zero-order chi connectivity index (χ0) is 24.6. The summed E-state index contributed by atoms with van der Waals surface area (Å²) >= 11 is 0. The monoisotopic (exact) mass is 484 g/mol. The number of aliphatic hydroxyl groups is 2. The maximum Gasteiger partial charge on any atom is 0.334 e. The van der Waals surface area contributed by atoms with Gasteiger partial charge in [0.2, 0.25) is 0 Å². The van der Waals surface area contributed by atoms with E-state index in [1.807, 2.05) is 0 Å². The fourth-order valence-corrected chi connectivity index (χ4v) is 9.40. The molecular formula is C27H32O8. The first-order valence-electron chi connectivity index (χ1n) is 12.8. The SMILES string of the molecule is C=CCOC(=O)C=COC1C2(C(C)C)CC2(O)C2CC23C2(O)CCC4=C(COC4=O)C2CC2OC213. The van der Waals surface area contributed by atoms with E-state index in [0.29, 0.717) is 37.7 Å². The predicted octanol–water partition coefficient (Wildman–Crippen LogP) is 1.95. The van der Waals surface area contributed by atoms with Crippen molar-refractivity contribution < 1.29 is 38.7 Å². The van der Waals surface area contributed by atoms with Gasteiger partial charge in [0.15, 0.2) is 0 Å². The van der Waals surface area contributed by atoms with Gasteiger partial charge in [-0.1, -0.05) is 26.5 Å². The van der Waals surface area contributed by atoms with Crippen LogP contribution in [0.4, 0.5) is 0 Å². The van der Waals surface area contributed by atoms with Crippen molar-refractivity contribution in [3.8, 4) is 0 Å². The summed E-state index contributed by atoms with van der Waals surface area (Å²) in [5.74, 6) is -0.988. The molecule has 0 aromatic carbocycles. The van der Waals surface area contributed by atoms with Crippen molar-refractivity contribution in [3.63, 3.8) is 0 Å². The minimum absolute atomic E-state index is 0.0863. The average Bonchev–Trinajstić information content (AvgIpc) is 3.73. The van der Waals surface area contributed by atoms with Gasteiger partial charge < -0.3 is 29.2 Å². The van der Waals surface area contributed by atoms with Crippen molar-refractivity contribution in [2.45, 2.75) is 75.0 Å². The Morgan fingerprint density at radius 2 is 2.11 bits per heavy atom. The first-order valence-corrected chi connectivity index (χ1v) is 12.8. The molecule has 35 heavy (non-hydrogen) atoms. The van der Waals surface area contributed by atoms with E-state index in [-0.39, 0.29) is 43.0 Å². The molecule has 4 saturated carbocycles. The highest BCUT2D eigenvalue weighted by Crippen LogP contribution is 2.93. The number of carbonyl (C=O) groups is 2. The van der Waals surface area contributed by atoms with E-state index in [1.54, 1.807) is 0 Å². The Labute approximate surface area is 203 Å². The number of ether oxygens (including phenoxy) is 4. The first-order chi connectivity index (χ1) is 16.6. The van der Waals surface area contributed by atoms with Gasteiger partial charge in [0.25, 0.3) is 0 Å². The standard InChI is InChI=1S/C27H32O8/c1-4-8-32-20(28)6-9-33-22-23(14(2)3)13-26(23,31)18-11-24(18)25(30)7-5-15-16(12-34-21(15)29)17(25)10-19-27(22,24)35-19/h4,6,9,14,17-19,22,30-31H,1,5,7-8,10-13H2,2-3H3. The zero-order valence-corrected chi connectivity index (χ0v) is 20.1. The number of cyclic esters (lactones) is 1. The number of fused-ring (bicyclic) bond motifs is 4. The van der Waals surface area contributed by atoms with E-state index < -0.39 is 39.7 Å². The topological polar surface area (TPSA) is 115 Å². The highest BCUT2D eigenvalue weighted by molar-refractivity contribution is 5.92. The molecule has 5 fully saturated rings. The van der Waals surface area contributed by atoms with Crippen molar-refractivity contribution >= 4 is 11.9 Å². The van der Waals surface area contributed by atoms with E-state index in [2.05, 4.69) is 20.4 Å². The molecule has 0 aromatic heterocycles. The van der Waals surface area contributed by atoms with Crippen LogP contribution in [-0.4, -0.2) is 64.4 Å². The van der Waals surface area contributed by atoms with Crippen LogP contribution in [-0.2, 0) is 28.5 Å². The number of epoxide rings is 1. The third-order valence-corrected chi connectivity index (χ3v) is 10.9. The van der Waals surface area contributed by atoms with Crippen molar-refractivity contribution in [1.29, 1.82) is 0 Å². The summed E-state index contributed by atoms with van der Waals surface area (Å²) in [6.45, 7) is 8.08. The number of carbonyl (C=O) groups excluding carboxylic acids is 2. The quantitative estimate of drug-likeness (QED) is 0.193. The van der Waals surface area contributed by atoms with Crippen LogP contribution in [0.25, 0.3) is 0 Å². The van der Waals surface area contributed by atoms with Crippen LogP contribution in [0, 0.1) is 28.6 Å². The number of rotatable bonds is 6. The predicted molar refractivity (Wildman–Crippen MR) is 120 cm³/mol. The van der Waals surface area contributed by atoms with Crippen LogP contribution in [0.1, 0.15) is 46.0 Å². The minimum Gasteiger partial charge on any atom is -0.494 e. The van der Waals surface area contributed by atoms with Crippen molar-refractivity contribution in [2.75, 3.05) is 13.2 Å². The van der Waals surface area contributed by atoms with Gasteiger partial charge in [0.05, 0.1) is 29.6 Å². The van der Waals surface area contributed by atoms with E-state index >= 15 is 0 Å². The van der Waals surface area contributed by atoms with Gasteiger partial charge in [-0.15, -0.1) is 0 Å². The Bertz CT molecular complexity index is 1120. The third kappa shape index (κ3) is 2.19. The molecule has 8 heteroatoms. The van der Waals surface area contributed by atoms with Crippen molar-refractivity contribution in [3.05, 3.63) is 36.1 Å². The Hall–Kier alpha value is -2.16.